The molecule has 2 rings (SSSR count). The molecule has 2 heteroatoms. The van der Waals surface area contributed by atoms with E-state index in [1.807, 2.05) is 44.4 Å². The highest BCUT2D eigenvalue weighted by Crippen LogP contribution is 2.22. The van der Waals surface area contributed by atoms with Gasteiger partial charge in [0.15, 0.2) is 5.78 Å². The van der Waals surface area contributed by atoms with Crippen LogP contribution in [0.4, 0.5) is 5.69 Å². The van der Waals surface area contributed by atoms with Crippen molar-refractivity contribution in [2.24, 2.45) is 0 Å². The van der Waals surface area contributed by atoms with Crippen molar-refractivity contribution in [2.45, 2.75) is 0 Å². The molecule has 0 aromatic heterocycles. The number of allylic oxidation sites excluding steroid dienone is 1. The first-order valence-electron chi connectivity index (χ1n) is 5.50. The van der Waals surface area contributed by atoms with Crippen LogP contribution in [0, 0.1) is 0 Å². The lowest BCUT2D eigenvalue weighted by Crippen LogP contribution is -2.08. The van der Waals surface area contributed by atoms with E-state index in [-0.39, 0.29) is 5.78 Å². The summed E-state index contributed by atoms with van der Waals surface area (Å²) in [7, 11) is 4.02. The zero-order valence-electron chi connectivity index (χ0n) is 10.1. The van der Waals surface area contributed by atoms with Gasteiger partial charge in [0.2, 0.25) is 0 Å². The van der Waals surface area contributed by atoms with E-state index in [0.717, 1.165) is 16.5 Å². The zero-order chi connectivity index (χ0) is 12.4. The number of benzene rings is 2. The summed E-state index contributed by atoms with van der Waals surface area (Å²) < 4.78 is 0. The third-order valence-corrected chi connectivity index (χ3v) is 2.81. The Bertz CT molecular complexity index is 584. The summed E-state index contributed by atoms with van der Waals surface area (Å²) in [6.45, 7) is 3.50. The lowest BCUT2D eigenvalue weighted by molar-refractivity contribution is 0.104. The first-order valence-corrected chi connectivity index (χ1v) is 5.50. The normalized spacial score (nSPS) is 10.2. The summed E-state index contributed by atoms with van der Waals surface area (Å²) in [5.41, 5.74) is 1.84. The Morgan fingerprint density at radius 1 is 1.12 bits per heavy atom. The predicted molar refractivity (Wildman–Crippen MR) is 72.8 cm³/mol. The van der Waals surface area contributed by atoms with Gasteiger partial charge in [-0.2, -0.15) is 0 Å². The van der Waals surface area contributed by atoms with Crippen LogP contribution in [0.5, 0.6) is 0 Å². The van der Waals surface area contributed by atoms with Crippen LogP contribution in [-0.4, -0.2) is 19.9 Å². The molecule has 0 aliphatic heterocycles. The Labute approximate surface area is 101 Å². The van der Waals surface area contributed by atoms with Gasteiger partial charge in [0, 0.05) is 25.3 Å². The largest absolute Gasteiger partial charge is 0.378 e. The van der Waals surface area contributed by atoms with Gasteiger partial charge in [-0.25, -0.2) is 0 Å². The van der Waals surface area contributed by atoms with Crippen molar-refractivity contribution >= 4 is 22.2 Å². The molecule has 0 unspecified atom stereocenters. The molecule has 86 valence electrons. The summed E-state index contributed by atoms with van der Waals surface area (Å²) in [5, 5.41) is 2.21. The summed E-state index contributed by atoms with van der Waals surface area (Å²) in [4.78, 5) is 13.6. The van der Waals surface area contributed by atoms with Gasteiger partial charge in [-0.1, -0.05) is 24.8 Å². The van der Waals surface area contributed by atoms with Crippen LogP contribution in [0.15, 0.2) is 49.1 Å². The molecule has 2 nitrogen and oxygen atoms in total. The number of hydrogen-bond acceptors (Lipinski definition) is 2. The van der Waals surface area contributed by atoms with Gasteiger partial charge in [-0.3, -0.25) is 4.79 Å². The van der Waals surface area contributed by atoms with Gasteiger partial charge in [-0.15, -0.1) is 0 Å². The van der Waals surface area contributed by atoms with E-state index in [9.17, 15) is 4.79 Å². The molecule has 0 atom stereocenters. The van der Waals surface area contributed by atoms with Gasteiger partial charge in [0.1, 0.15) is 0 Å². The quantitative estimate of drug-likeness (QED) is 0.590. The number of rotatable bonds is 3. The number of fused-ring (bicyclic) bond motifs is 1. The molecule has 0 bridgehead atoms. The highest BCUT2D eigenvalue weighted by Gasteiger charge is 2.03. The van der Waals surface area contributed by atoms with Crippen LogP contribution in [0.25, 0.3) is 10.8 Å². The third-order valence-electron chi connectivity index (χ3n) is 2.81. The maximum atomic E-state index is 11.5. The van der Waals surface area contributed by atoms with E-state index in [2.05, 4.69) is 17.5 Å². The summed E-state index contributed by atoms with van der Waals surface area (Å²) in [6.07, 6.45) is 1.34. The molecule has 0 saturated carbocycles. The molecule has 0 fully saturated rings. The van der Waals surface area contributed by atoms with Crippen molar-refractivity contribution in [3.8, 4) is 0 Å². The van der Waals surface area contributed by atoms with Crippen molar-refractivity contribution in [2.75, 3.05) is 19.0 Å². The first kappa shape index (κ1) is 11.4. The molecule has 0 heterocycles. The van der Waals surface area contributed by atoms with Crippen LogP contribution in [0.3, 0.4) is 0 Å². The average molecular weight is 225 g/mol. The highest BCUT2D eigenvalue weighted by atomic mass is 16.1. The fraction of sp³-hybridized carbons (Fsp3) is 0.133. The second kappa shape index (κ2) is 4.42. The maximum absolute atomic E-state index is 11.5. The van der Waals surface area contributed by atoms with Crippen molar-refractivity contribution in [1.29, 1.82) is 0 Å². The van der Waals surface area contributed by atoms with Crippen molar-refractivity contribution in [3.05, 3.63) is 54.6 Å². The molecule has 0 aliphatic carbocycles. The molecule has 0 N–H and O–H groups in total. The van der Waals surface area contributed by atoms with Crippen LogP contribution < -0.4 is 4.90 Å². The van der Waals surface area contributed by atoms with Gasteiger partial charge < -0.3 is 4.90 Å². The fourth-order valence-electron chi connectivity index (χ4n) is 1.78. The van der Waals surface area contributed by atoms with Crippen molar-refractivity contribution in [1.82, 2.24) is 0 Å². The number of carbonyl (C=O) groups excluding carboxylic acids is 1. The Kier molecular flexibility index (Phi) is 2.96. The minimum Gasteiger partial charge on any atom is -0.378 e. The molecular weight excluding hydrogens is 210 g/mol. The third kappa shape index (κ3) is 2.21. The van der Waals surface area contributed by atoms with E-state index < -0.39 is 0 Å². The van der Waals surface area contributed by atoms with Gasteiger partial charge in [-0.05, 0) is 35.0 Å². The lowest BCUT2D eigenvalue weighted by Gasteiger charge is -2.13. The SMILES string of the molecule is C=CC(=O)c1ccc2cc(N(C)C)ccc2c1. The molecule has 0 amide bonds. The highest BCUT2D eigenvalue weighted by molar-refractivity contribution is 6.06. The number of carbonyl (C=O) groups is 1. The number of nitrogens with zero attached hydrogens (tertiary/aromatic N) is 1. The van der Waals surface area contributed by atoms with Crippen LogP contribution >= 0.6 is 0 Å². The van der Waals surface area contributed by atoms with E-state index in [1.54, 1.807) is 0 Å². The molecule has 0 aliphatic rings. The Balaban J connectivity index is 2.54. The molecule has 2 aromatic rings. The Morgan fingerprint density at radius 3 is 2.41 bits per heavy atom. The van der Waals surface area contributed by atoms with E-state index >= 15 is 0 Å². The van der Waals surface area contributed by atoms with Crippen LogP contribution in [0.2, 0.25) is 0 Å². The van der Waals surface area contributed by atoms with E-state index in [4.69, 9.17) is 0 Å². The number of hydrogen-bond donors (Lipinski definition) is 0. The van der Waals surface area contributed by atoms with E-state index in [1.165, 1.54) is 6.08 Å². The summed E-state index contributed by atoms with van der Waals surface area (Å²) in [6, 6.07) is 11.9. The Hall–Kier alpha value is -2.09. The molecule has 0 radical (unpaired) electrons. The van der Waals surface area contributed by atoms with Crippen molar-refractivity contribution in [3.63, 3.8) is 0 Å². The molecule has 17 heavy (non-hydrogen) atoms. The second-order valence-electron chi connectivity index (χ2n) is 4.21. The minimum absolute atomic E-state index is 0.0383. The molecule has 0 saturated heterocycles. The standard InChI is InChI=1S/C15H15NO/c1-4-15(17)13-6-5-12-10-14(16(2)3)8-7-11(12)9-13/h4-10H,1H2,2-3H3. The molecular formula is C15H15NO. The van der Waals surface area contributed by atoms with Crippen LogP contribution in [0.1, 0.15) is 10.4 Å². The van der Waals surface area contributed by atoms with Gasteiger partial charge in [0.05, 0.1) is 0 Å². The molecule has 0 spiro atoms. The summed E-state index contributed by atoms with van der Waals surface area (Å²) >= 11 is 0. The predicted octanol–water partition coefficient (Wildman–Crippen LogP) is 3.27. The second-order valence-corrected chi connectivity index (χ2v) is 4.21. The number of anilines is 1. The van der Waals surface area contributed by atoms with Crippen molar-refractivity contribution < 1.29 is 4.79 Å². The summed E-state index contributed by atoms with van der Waals surface area (Å²) in [5.74, 6) is -0.0383. The maximum Gasteiger partial charge on any atom is 0.185 e. The molecule has 2 aromatic carbocycles. The monoisotopic (exact) mass is 225 g/mol. The fourth-order valence-corrected chi connectivity index (χ4v) is 1.78. The van der Waals surface area contributed by atoms with E-state index in [0.29, 0.717) is 5.56 Å². The van der Waals surface area contributed by atoms with Gasteiger partial charge in [0.25, 0.3) is 0 Å². The zero-order valence-corrected chi connectivity index (χ0v) is 10.1. The minimum atomic E-state index is -0.0383. The first-order chi connectivity index (χ1) is 8.11. The lowest BCUT2D eigenvalue weighted by atomic mass is 10.0. The number of ketones is 1. The van der Waals surface area contributed by atoms with Crippen LogP contribution in [-0.2, 0) is 0 Å². The Morgan fingerprint density at radius 2 is 1.76 bits per heavy atom. The van der Waals surface area contributed by atoms with Gasteiger partial charge >= 0.3 is 0 Å². The smallest absolute Gasteiger partial charge is 0.185 e. The topological polar surface area (TPSA) is 20.3 Å². The average Bonchev–Trinajstić information content (AvgIpc) is 2.36.